The molecule has 1 aromatic rings. The first-order chi connectivity index (χ1) is 7.31. The molecule has 0 bridgehead atoms. The summed E-state index contributed by atoms with van der Waals surface area (Å²) in [5.41, 5.74) is 1.07. The maximum Gasteiger partial charge on any atom is 0.0607 e. The summed E-state index contributed by atoms with van der Waals surface area (Å²) < 4.78 is 0. The van der Waals surface area contributed by atoms with Gasteiger partial charge in [0, 0.05) is 0 Å². The number of benzene rings is 1. The Kier molecular flexibility index (Phi) is 5.04. The molecule has 0 aliphatic heterocycles. The average Bonchev–Trinajstić information content (AvgIpc) is 2.32. The van der Waals surface area contributed by atoms with Crippen molar-refractivity contribution in [3.05, 3.63) is 48.6 Å². The summed E-state index contributed by atoms with van der Waals surface area (Å²) in [5, 5.41) is 21.0. The van der Waals surface area contributed by atoms with Crippen LogP contribution < -0.4 is 5.32 Å². The first-order valence-corrected chi connectivity index (χ1v) is 4.97. The van der Waals surface area contributed by atoms with Crippen LogP contribution >= 0.6 is 0 Å². The Morgan fingerprint density at radius 2 is 1.80 bits per heavy atom. The van der Waals surface area contributed by atoms with Gasteiger partial charge in [-0.25, -0.2) is 0 Å². The fourth-order valence-corrected chi connectivity index (χ4v) is 1.38. The van der Waals surface area contributed by atoms with E-state index in [1.807, 2.05) is 30.3 Å². The lowest BCUT2D eigenvalue weighted by Crippen LogP contribution is -2.37. The van der Waals surface area contributed by atoms with Crippen LogP contribution in [0.15, 0.2) is 43.0 Å². The predicted molar refractivity (Wildman–Crippen MR) is 60.5 cm³/mol. The topological polar surface area (TPSA) is 52.5 Å². The second-order valence-electron chi connectivity index (χ2n) is 3.35. The molecule has 1 rings (SSSR count). The Hall–Kier alpha value is -1.16. The molecule has 1 atom stereocenters. The Bertz CT molecular complexity index is 283. The molecule has 0 radical (unpaired) electrons. The van der Waals surface area contributed by atoms with Crippen LogP contribution in [-0.4, -0.2) is 29.5 Å². The third-order valence-corrected chi connectivity index (χ3v) is 2.25. The van der Waals surface area contributed by atoms with Crippen molar-refractivity contribution < 1.29 is 10.2 Å². The lowest BCUT2D eigenvalue weighted by atomic mass is 10.1. The molecule has 3 N–H and O–H groups in total. The van der Waals surface area contributed by atoms with Crippen molar-refractivity contribution in [1.82, 2.24) is 5.32 Å². The number of hydrogen-bond acceptors (Lipinski definition) is 3. The maximum absolute atomic E-state index is 8.96. The van der Waals surface area contributed by atoms with Gasteiger partial charge in [0.25, 0.3) is 0 Å². The van der Waals surface area contributed by atoms with Crippen LogP contribution in [0.2, 0.25) is 0 Å². The highest BCUT2D eigenvalue weighted by Gasteiger charge is 2.12. The van der Waals surface area contributed by atoms with Crippen molar-refractivity contribution in [1.29, 1.82) is 0 Å². The molecule has 0 aromatic heterocycles. The zero-order valence-electron chi connectivity index (χ0n) is 8.63. The minimum atomic E-state index is -0.312. The molecule has 0 heterocycles. The van der Waals surface area contributed by atoms with Gasteiger partial charge in [0.05, 0.1) is 25.3 Å². The molecular weight excluding hydrogens is 190 g/mol. The van der Waals surface area contributed by atoms with Crippen LogP contribution in [0.25, 0.3) is 0 Å². The molecule has 0 unspecified atom stereocenters. The molecule has 0 aliphatic carbocycles. The van der Waals surface area contributed by atoms with Crippen molar-refractivity contribution in [3.8, 4) is 0 Å². The van der Waals surface area contributed by atoms with Crippen LogP contribution in [0.3, 0.4) is 0 Å². The van der Waals surface area contributed by atoms with Crippen LogP contribution in [0.5, 0.6) is 0 Å². The van der Waals surface area contributed by atoms with E-state index in [0.29, 0.717) is 0 Å². The highest BCUT2D eigenvalue weighted by molar-refractivity contribution is 5.22. The highest BCUT2D eigenvalue weighted by Crippen LogP contribution is 2.13. The van der Waals surface area contributed by atoms with Gasteiger partial charge in [-0.2, -0.15) is 0 Å². The number of aliphatic hydroxyl groups is 2. The van der Waals surface area contributed by atoms with E-state index in [1.165, 1.54) is 0 Å². The summed E-state index contributed by atoms with van der Waals surface area (Å²) >= 11 is 0. The third-order valence-electron chi connectivity index (χ3n) is 2.25. The van der Waals surface area contributed by atoms with E-state index in [1.54, 1.807) is 6.08 Å². The number of rotatable bonds is 6. The Balaban J connectivity index is 2.68. The molecule has 0 fully saturated rings. The quantitative estimate of drug-likeness (QED) is 0.606. The van der Waals surface area contributed by atoms with Crippen LogP contribution in [0.4, 0.5) is 0 Å². The summed E-state index contributed by atoms with van der Waals surface area (Å²) in [6.07, 6.45) is 1.76. The predicted octanol–water partition coefficient (Wildman–Crippen LogP) is 0.856. The fourth-order valence-electron chi connectivity index (χ4n) is 1.38. The van der Waals surface area contributed by atoms with Crippen molar-refractivity contribution in [2.24, 2.45) is 0 Å². The molecule has 82 valence electrons. The van der Waals surface area contributed by atoms with Gasteiger partial charge in [0.2, 0.25) is 0 Å². The van der Waals surface area contributed by atoms with Gasteiger partial charge >= 0.3 is 0 Å². The largest absolute Gasteiger partial charge is 0.395 e. The second-order valence-corrected chi connectivity index (χ2v) is 3.35. The van der Waals surface area contributed by atoms with Gasteiger partial charge in [-0.15, -0.1) is 6.58 Å². The van der Waals surface area contributed by atoms with E-state index in [-0.39, 0.29) is 25.3 Å². The van der Waals surface area contributed by atoms with Gasteiger partial charge in [-0.1, -0.05) is 36.4 Å². The fraction of sp³-hybridized carbons (Fsp3) is 0.333. The number of aliphatic hydroxyl groups excluding tert-OH is 2. The van der Waals surface area contributed by atoms with Crippen LogP contribution in [0.1, 0.15) is 11.6 Å². The summed E-state index contributed by atoms with van der Waals surface area (Å²) in [6, 6.07) is 9.43. The van der Waals surface area contributed by atoms with Crippen molar-refractivity contribution in [3.63, 3.8) is 0 Å². The molecule has 0 amide bonds. The van der Waals surface area contributed by atoms with Gasteiger partial charge in [0.15, 0.2) is 0 Å². The molecule has 0 aliphatic rings. The maximum atomic E-state index is 8.96. The Labute approximate surface area is 90.1 Å². The van der Waals surface area contributed by atoms with Gasteiger partial charge in [0.1, 0.15) is 0 Å². The van der Waals surface area contributed by atoms with Crippen LogP contribution in [-0.2, 0) is 0 Å². The molecule has 1 aromatic carbocycles. The number of nitrogens with one attached hydrogen (secondary N) is 1. The minimum absolute atomic E-state index is 0.0458. The average molecular weight is 207 g/mol. The van der Waals surface area contributed by atoms with Gasteiger partial charge < -0.3 is 10.2 Å². The van der Waals surface area contributed by atoms with Gasteiger partial charge in [-0.3, -0.25) is 5.32 Å². The summed E-state index contributed by atoms with van der Waals surface area (Å²) in [6.45, 7) is 3.55. The lowest BCUT2D eigenvalue weighted by molar-refractivity contribution is 0.166. The van der Waals surface area contributed by atoms with E-state index < -0.39 is 0 Å². The van der Waals surface area contributed by atoms with E-state index >= 15 is 0 Å². The van der Waals surface area contributed by atoms with E-state index in [0.717, 1.165) is 5.56 Å². The van der Waals surface area contributed by atoms with Crippen LogP contribution in [0, 0.1) is 0 Å². The van der Waals surface area contributed by atoms with E-state index in [4.69, 9.17) is 10.2 Å². The number of hydrogen-bond donors (Lipinski definition) is 3. The van der Waals surface area contributed by atoms with E-state index in [9.17, 15) is 0 Å². The third kappa shape index (κ3) is 3.47. The molecule has 15 heavy (non-hydrogen) atoms. The van der Waals surface area contributed by atoms with E-state index in [2.05, 4.69) is 11.9 Å². The van der Waals surface area contributed by atoms with Crippen molar-refractivity contribution >= 4 is 0 Å². The molecule has 0 saturated heterocycles. The summed E-state index contributed by atoms with van der Waals surface area (Å²) in [4.78, 5) is 0. The first kappa shape index (κ1) is 11.9. The molecule has 3 nitrogen and oxygen atoms in total. The molecule has 0 spiro atoms. The zero-order chi connectivity index (χ0) is 11.1. The summed E-state index contributed by atoms with van der Waals surface area (Å²) in [7, 11) is 0. The molecular formula is C12H17NO2. The molecule has 0 saturated carbocycles. The lowest BCUT2D eigenvalue weighted by Gasteiger charge is -2.20. The normalized spacial score (nSPS) is 12.7. The monoisotopic (exact) mass is 207 g/mol. The standard InChI is InChI=1S/C12H17NO2/c1-2-12(13-11(8-14)9-15)10-6-4-3-5-7-10/h2-7,11-15H,1,8-9H2/t12-/m1/s1. The van der Waals surface area contributed by atoms with Crippen molar-refractivity contribution in [2.45, 2.75) is 12.1 Å². The van der Waals surface area contributed by atoms with Gasteiger partial charge in [-0.05, 0) is 5.56 Å². The smallest absolute Gasteiger partial charge is 0.0607 e. The SMILES string of the molecule is C=C[C@@H](NC(CO)CO)c1ccccc1. The van der Waals surface area contributed by atoms with Crippen molar-refractivity contribution in [2.75, 3.05) is 13.2 Å². The second kappa shape index (κ2) is 6.35. The Morgan fingerprint density at radius 3 is 2.27 bits per heavy atom. The first-order valence-electron chi connectivity index (χ1n) is 4.97. The minimum Gasteiger partial charge on any atom is -0.395 e. The molecule has 3 heteroatoms. The zero-order valence-corrected chi connectivity index (χ0v) is 8.63. The summed E-state index contributed by atoms with van der Waals surface area (Å²) in [5.74, 6) is 0. The Morgan fingerprint density at radius 1 is 1.20 bits per heavy atom. The highest BCUT2D eigenvalue weighted by atomic mass is 16.3.